The third-order valence-corrected chi connectivity index (χ3v) is 5.38. The molecule has 1 aliphatic rings. The topological polar surface area (TPSA) is 87.3 Å². The molecule has 2 N–H and O–H groups in total. The number of ether oxygens (including phenoxy) is 1. The van der Waals surface area contributed by atoms with Crippen molar-refractivity contribution in [1.82, 2.24) is 10.2 Å². The number of halogens is 1. The van der Waals surface area contributed by atoms with Crippen LogP contribution in [0, 0.1) is 0 Å². The molecule has 1 fully saturated rings. The van der Waals surface area contributed by atoms with Crippen LogP contribution in [0.1, 0.15) is 55.2 Å². The first kappa shape index (κ1) is 19.4. The van der Waals surface area contributed by atoms with E-state index in [4.69, 9.17) is 4.74 Å². The Morgan fingerprint density at radius 3 is 2.78 bits per heavy atom. The van der Waals surface area contributed by atoms with Crippen LogP contribution in [0.3, 0.4) is 0 Å². The first-order chi connectivity index (χ1) is 12.9. The number of nitrogens with one attached hydrogen (secondary N) is 2. The average molecular weight is 435 g/mol. The highest BCUT2D eigenvalue weighted by atomic mass is 79.9. The number of hydrogen-bond donors (Lipinski definition) is 2. The Labute approximate surface area is 166 Å². The van der Waals surface area contributed by atoms with E-state index in [1.54, 1.807) is 30.2 Å². The lowest BCUT2D eigenvalue weighted by Gasteiger charge is -2.28. The van der Waals surface area contributed by atoms with Gasteiger partial charge in [-0.3, -0.25) is 14.7 Å². The van der Waals surface area contributed by atoms with Crippen LogP contribution in [-0.4, -0.2) is 35.7 Å². The number of amides is 2. The van der Waals surface area contributed by atoms with Crippen LogP contribution in [-0.2, 0) is 4.79 Å². The van der Waals surface area contributed by atoms with Gasteiger partial charge in [0.15, 0.2) is 5.69 Å². The van der Waals surface area contributed by atoms with Gasteiger partial charge >= 0.3 is 0 Å². The number of H-pyrrole nitrogens is 1. The fourth-order valence-corrected chi connectivity index (χ4v) is 3.92. The van der Waals surface area contributed by atoms with Crippen molar-refractivity contribution in [2.75, 3.05) is 23.9 Å². The molecule has 1 saturated heterocycles. The van der Waals surface area contributed by atoms with Gasteiger partial charge in [0.1, 0.15) is 5.75 Å². The molecule has 8 heteroatoms. The standard InChI is InChI=1S/C19H23BrN4O3/c1-11(2)17-16(20)18(23-22-17)19(26)21-12-7-8-14(27-3)13(10-12)24-9-5-4-6-15(24)25/h7-8,10-11H,4-6,9H2,1-3H3,(H,21,26)(H,22,23). The Hall–Kier alpha value is -2.35. The van der Waals surface area contributed by atoms with Crippen LogP contribution in [0.15, 0.2) is 22.7 Å². The van der Waals surface area contributed by atoms with Crippen LogP contribution < -0.4 is 15.0 Å². The molecule has 0 bridgehead atoms. The average Bonchev–Trinajstić information content (AvgIpc) is 3.04. The van der Waals surface area contributed by atoms with Gasteiger partial charge in [0.2, 0.25) is 5.91 Å². The van der Waals surface area contributed by atoms with Crippen LogP contribution in [0.2, 0.25) is 0 Å². The molecule has 0 radical (unpaired) electrons. The predicted octanol–water partition coefficient (Wildman–Crippen LogP) is 4.07. The van der Waals surface area contributed by atoms with E-state index < -0.39 is 0 Å². The van der Waals surface area contributed by atoms with Gasteiger partial charge in [0.05, 0.1) is 23.0 Å². The van der Waals surface area contributed by atoms with Gasteiger partial charge in [-0.2, -0.15) is 5.10 Å². The summed E-state index contributed by atoms with van der Waals surface area (Å²) in [6.07, 6.45) is 2.38. The monoisotopic (exact) mass is 434 g/mol. The lowest BCUT2D eigenvalue weighted by Crippen LogP contribution is -2.35. The number of carbonyl (C=O) groups is 2. The molecule has 3 rings (SSSR count). The van der Waals surface area contributed by atoms with Crippen molar-refractivity contribution in [2.24, 2.45) is 0 Å². The van der Waals surface area contributed by atoms with Crippen molar-refractivity contribution in [2.45, 2.75) is 39.0 Å². The molecular weight excluding hydrogens is 412 g/mol. The summed E-state index contributed by atoms with van der Waals surface area (Å²) >= 11 is 3.45. The molecule has 7 nitrogen and oxygen atoms in total. The number of benzene rings is 1. The lowest BCUT2D eigenvalue weighted by atomic mass is 10.1. The van der Waals surface area contributed by atoms with Crippen LogP contribution in [0.4, 0.5) is 11.4 Å². The molecule has 1 aromatic carbocycles. The van der Waals surface area contributed by atoms with E-state index in [1.807, 2.05) is 13.8 Å². The number of piperidine rings is 1. The Bertz CT molecular complexity index is 863. The van der Waals surface area contributed by atoms with Crippen LogP contribution >= 0.6 is 15.9 Å². The van der Waals surface area contributed by atoms with E-state index >= 15 is 0 Å². The second kappa shape index (κ2) is 8.12. The summed E-state index contributed by atoms with van der Waals surface area (Å²) in [7, 11) is 1.57. The van der Waals surface area contributed by atoms with Crippen molar-refractivity contribution in [3.8, 4) is 5.75 Å². The Kier molecular flexibility index (Phi) is 5.84. The van der Waals surface area contributed by atoms with Gasteiger partial charge in [0, 0.05) is 18.7 Å². The first-order valence-corrected chi connectivity index (χ1v) is 9.75. The number of hydrogen-bond acceptors (Lipinski definition) is 4. The summed E-state index contributed by atoms with van der Waals surface area (Å²) in [6.45, 7) is 4.69. The number of methoxy groups -OCH3 is 1. The first-order valence-electron chi connectivity index (χ1n) is 8.96. The normalized spacial score (nSPS) is 14.6. The molecule has 2 heterocycles. The molecule has 1 aromatic heterocycles. The molecule has 27 heavy (non-hydrogen) atoms. The van der Waals surface area contributed by atoms with E-state index in [9.17, 15) is 9.59 Å². The molecular formula is C19H23BrN4O3. The van der Waals surface area contributed by atoms with Gasteiger partial charge in [-0.05, 0) is 52.9 Å². The number of rotatable bonds is 5. The van der Waals surface area contributed by atoms with Crippen molar-refractivity contribution in [3.63, 3.8) is 0 Å². The molecule has 0 atom stereocenters. The summed E-state index contributed by atoms with van der Waals surface area (Å²) in [5.74, 6) is 0.559. The predicted molar refractivity (Wildman–Crippen MR) is 108 cm³/mol. The van der Waals surface area contributed by atoms with E-state index in [1.165, 1.54) is 0 Å². The van der Waals surface area contributed by atoms with Gasteiger partial charge in [-0.25, -0.2) is 0 Å². The smallest absolute Gasteiger partial charge is 0.277 e. The Morgan fingerprint density at radius 2 is 2.15 bits per heavy atom. The van der Waals surface area contributed by atoms with Crippen LogP contribution in [0.5, 0.6) is 5.75 Å². The summed E-state index contributed by atoms with van der Waals surface area (Å²) in [5, 5.41) is 9.87. The number of nitrogens with zero attached hydrogens (tertiary/aromatic N) is 2. The zero-order valence-electron chi connectivity index (χ0n) is 15.6. The van der Waals surface area contributed by atoms with Crippen molar-refractivity contribution in [3.05, 3.63) is 34.1 Å². The molecule has 2 amide bonds. The summed E-state index contributed by atoms with van der Waals surface area (Å²) in [6, 6.07) is 5.27. The molecule has 1 aliphatic heterocycles. The highest BCUT2D eigenvalue weighted by molar-refractivity contribution is 9.10. The fraction of sp³-hybridized carbons (Fsp3) is 0.421. The SMILES string of the molecule is COc1ccc(NC(=O)c2n[nH]c(C(C)C)c2Br)cc1N1CCCCC1=O. The van der Waals surface area contributed by atoms with Crippen molar-refractivity contribution in [1.29, 1.82) is 0 Å². The highest BCUT2D eigenvalue weighted by Gasteiger charge is 2.24. The molecule has 0 unspecified atom stereocenters. The van der Waals surface area contributed by atoms with E-state index in [2.05, 4.69) is 31.4 Å². The van der Waals surface area contributed by atoms with Gasteiger partial charge in [-0.1, -0.05) is 13.8 Å². The van der Waals surface area contributed by atoms with E-state index in [-0.39, 0.29) is 17.7 Å². The maximum absolute atomic E-state index is 12.6. The number of aromatic amines is 1. The molecule has 0 saturated carbocycles. The van der Waals surface area contributed by atoms with Crippen molar-refractivity contribution >= 4 is 39.1 Å². The highest BCUT2D eigenvalue weighted by Crippen LogP contribution is 2.34. The quantitative estimate of drug-likeness (QED) is 0.741. The number of carbonyl (C=O) groups excluding carboxylic acids is 2. The van der Waals surface area contributed by atoms with Gasteiger partial charge in [-0.15, -0.1) is 0 Å². The zero-order valence-corrected chi connectivity index (χ0v) is 17.2. The number of aromatic nitrogens is 2. The minimum Gasteiger partial charge on any atom is -0.495 e. The second-order valence-electron chi connectivity index (χ2n) is 6.80. The van der Waals surface area contributed by atoms with E-state index in [0.29, 0.717) is 40.3 Å². The minimum absolute atomic E-state index is 0.0691. The zero-order chi connectivity index (χ0) is 19.6. The van der Waals surface area contributed by atoms with Gasteiger partial charge < -0.3 is 15.0 Å². The maximum Gasteiger partial charge on any atom is 0.277 e. The summed E-state index contributed by atoms with van der Waals surface area (Å²) in [4.78, 5) is 26.7. The molecule has 0 spiro atoms. The van der Waals surface area contributed by atoms with E-state index in [0.717, 1.165) is 18.5 Å². The third-order valence-electron chi connectivity index (χ3n) is 4.58. The second-order valence-corrected chi connectivity index (χ2v) is 7.59. The minimum atomic E-state index is -0.328. The summed E-state index contributed by atoms with van der Waals surface area (Å²) in [5.41, 5.74) is 2.42. The molecule has 0 aliphatic carbocycles. The Morgan fingerprint density at radius 1 is 1.37 bits per heavy atom. The molecule has 2 aromatic rings. The fourth-order valence-electron chi connectivity index (χ4n) is 3.10. The van der Waals surface area contributed by atoms with Gasteiger partial charge in [0.25, 0.3) is 5.91 Å². The number of anilines is 2. The lowest BCUT2D eigenvalue weighted by molar-refractivity contribution is -0.119. The summed E-state index contributed by atoms with van der Waals surface area (Å²) < 4.78 is 6.07. The van der Waals surface area contributed by atoms with Crippen molar-refractivity contribution < 1.29 is 14.3 Å². The van der Waals surface area contributed by atoms with Crippen LogP contribution in [0.25, 0.3) is 0 Å². The molecule has 144 valence electrons. The largest absolute Gasteiger partial charge is 0.495 e. The maximum atomic E-state index is 12.6. The third kappa shape index (κ3) is 4.00. The Balaban J connectivity index is 1.86.